The Bertz CT molecular complexity index is 1510. The molecule has 1 aliphatic heterocycles. The number of hydrogen-bond acceptors (Lipinski definition) is 8. The highest BCUT2D eigenvalue weighted by Gasteiger charge is 2.26. The van der Waals surface area contributed by atoms with Crippen LogP contribution in [0.4, 0.5) is 5.13 Å². The summed E-state index contributed by atoms with van der Waals surface area (Å²) in [5, 5.41) is 21.9. The van der Waals surface area contributed by atoms with E-state index in [4.69, 9.17) is 4.74 Å². The first-order valence-electron chi connectivity index (χ1n) is 11.1. The molecule has 0 saturated carbocycles. The van der Waals surface area contributed by atoms with Crippen LogP contribution in [0.15, 0.2) is 58.8 Å². The number of nitrogens with zero attached hydrogens (tertiary/aromatic N) is 3. The highest BCUT2D eigenvalue weighted by atomic mass is 32.2. The number of phenols is 1. The molecule has 1 saturated heterocycles. The van der Waals surface area contributed by atoms with E-state index in [1.54, 1.807) is 47.8 Å². The van der Waals surface area contributed by atoms with Gasteiger partial charge in [-0.25, -0.2) is 13.4 Å². The standard InChI is InChI=1S/C24H23N5O5S2/c1-15-2-7-18(22(30)12-15)19-13-20(28-27-19)23(31)26-24-25-21(14-35-24)16-3-5-17(6-4-16)36(32,33)29-8-10-34-11-9-29/h2-7,12-14,30H,8-11H2,1H3,(H,27,28)(H,25,26,31). The number of nitrogens with one attached hydrogen (secondary N) is 2. The van der Waals surface area contributed by atoms with Gasteiger partial charge in [0.1, 0.15) is 11.4 Å². The Morgan fingerprint density at radius 1 is 1.11 bits per heavy atom. The van der Waals surface area contributed by atoms with Gasteiger partial charge in [-0.1, -0.05) is 18.2 Å². The number of hydrogen-bond donors (Lipinski definition) is 3. The molecule has 0 aliphatic carbocycles. The lowest BCUT2D eigenvalue weighted by Gasteiger charge is -2.26. The summed E-state index contributed by atoms with van der Waals surface area (Å²) in [5.74, 6) is -0.338. The first-order chi connectivity index (χ1) is 17.3. The van der Waals surface area contributed by atoms with Gasteiger partial charge in [0.15, 0.2) is 5.13 Å². The molecule has 1 amide bonds. The molecule has 3 N–H and O–H groups in total. The Kier molecular flexibility index (Phi) is 6.58. The molecular weight excluding hydrogens is 502 g/mol. The van der Waals surface area contributed by atoms with Crippen molar-refractivity contribution >= 4 is 32.4 Å². The fourth-order valence-electron chi connectivity index (χ4n) is 3.80. The van der Waals surface area contributed by atoms with Crippen molar-refractivity contribution in [2.75, 3.05) is 31.6 Å². The zero-order valence-corrected chi connectivity index (χ0v) is 20.9. The lowest BCUT2D eigenvalue weighted by Crippen LogP contribution is -2.40. The number of rotatable bonds is 6. The molecule has 1 fully saturated rings. The first-order valence-corrected chi connectivity index (χ1v) is 13.4. The fraction of sp³-hybridized carbons (Fsp3) is 0.208. The van der Waals surface area contributed by atoms with Crippen LogP contribution in [0.2, 0.25) is 0 Å². The number of aromatic hydroxyl groups is 1. The Labute approximate surface area is 211 Å². The molecular formula is C24H23N5O5S2. The predicted octanol–water partition coefficient (Wildman–Crippen LogP) is 3.49. The van der Waals surface area contributed by atoms with Crippen molar-refractivity contribution in [2.45, 2.75) is 11.8 Å². The number of aromatic amines is 1. The van der Waals surface area contributed by atoms with Crippen LogP contribution in [0.1, 0.15) is 16.1 Å². The van der Waals surface area contributed by atoms with Crippen LogP contribution >= 0.6 is 11.3 Å². The van der Waals surface area contributed by atoms with E-state index in [-0.39, 0.29) is 16.3 Å². The van der Waals surface area contributed by atoms with Crippen molar-refractivity contribution in [3.05, 3.63) is 65.2 Å². The summed E-state index contributed by atoms with van der Waals surface area (Å²) < 4.78 is 32.3. The van der Waals surface area contributed by atoms with Gasteiger partial charge in [-0.05, 0) is 42.8 Å². The second-order valence-electron chi connectivity index (χ2n) is 8.22. The second-order valence-corrected chi connectivity index (χ2v) is 11.0. The van der Waals surface area contributed by atoms with Crippen molar-refractivity contribution in [1.29, 1.82) is 0 Å². The van der Waals surface area contributed by atoms with Gasteiger partial charge in [-0.2, -0.15) is 9.40 Å². The average Bonchev–Trinajstić information content (AvgIpc) is 3.55. The van der Waals surface area contributed by atoms with Crippen molar-refractivity contribution in [3.63, 3.8) is 0 Å². The normalized spacial score (nSPS) is 14.6. The van der Waals surface area contributed by atoms with E-state index in [0.29, 0.717) is 48.4 Å². The molecule has 2 aromatic carbocycles. The van der Waals surface area contributed by atoms with Crippen molar-refractivity contribution in [1.82, 2.24) is 19.5 Å². The lowest BCUT2D eigenvalue weighted by atomic mass is 10.1. The number of morpholine rings is 1. The summed E-state index contributed by atoms with van der Waals surface area (Å²) in [6.45, 7) is 3.32. The molecule has 0 bridgehead atoms. The van der Waals surface area contributed by atoms with Gasteiger partial charge in [0.05, 0.1) is 29.5 Å². The lowest BCUT2D eigenvalue weighted by molar-refractivity contribution is 0.0730. The van der Waals surface area contributed by atoms with E-state index >= 15 is 0 Å². The number of sulfonamides is 1. The molecule has 3 heterocycles. The third-order valence-corrected chi connectivity index (χ3v) is 8.40. The number of aromatic nitrogens is 3. The Morgan fingerprint density at radius 3 is 2.58 bits per heavy atom. The van der Waals surface area contributed by atoms with Crippen LogP contribution in [0.5, 0.6) is 5.75 Å². The quantitative estimate of drug-likeness (QED) is 0.350. The van der Waals surface area contributed by atoms with E-state index in [2.05, 4.69) is 20.5 Å². The van der Waals surface area contributed by atoms with Crippen molar-refractivity contribution in [3.8, 4) is 28.3 Å². The number of anilines is 1. The smallest absolute Gasteiger partial charge is 0.275 e. The Balaban J connectivity index is 1.27. The number of thiazole rings is 1. The van der Waals surface area contributed by atoms with Crippen LogP contribution in [0, 0.1) is 6.92 Å². The molecule has 186 valence electrons. The minimum atomic E-state index is -3.57. The first kappa shape index (κ1) is 24.1. The molecule has 0 unspecified atom stereocenters. The largest absolute Gasteiger partial charge is 0.507 e. The molecule has 5 rings (SSSR count). The van der Waals surface area contributed by atoms with Crippen LogP contribution < -0.4 is 5.32 Å². The Hall–Kier alpha value is -3.58. The summed E-state index contributed by atoms with van der Waals surface area (Å²) in [7, 11) is -3.57. The average molecular weight is 526 g/mol. The number of carbonyl (C=O) groups excluding carboxylic acids is 1. The third kappa shape index (κ3) is 4.88. The topological polar surface area (TPSA) is 138 Å². The fourth-order valence-corrected chi connectivity index (χ4v) is 5.92. The minimum absolute atomic E-state index is 0.0850. The van der Waals surface area contributed by atoms with Gasteiger partial charge in [-0.15, -0.1) is 11.3 Å². The van der Waals surface area contributed by atoms with Gasteiger partial charge < -0.3 is 9.84 Å². The third-order valence-electron chi connectivity index (χ3n) is 5.73. The zero-order chi connectivity index (χ0) is 25.3. The van der Waals surface area contributed by atoms with Crippen molar-refractivity contribution < 1.29 is 23.1 Å². The zero-order valence-electron chi connectivity index (χ0n) is 19.3. The SMILES string of the molecule is Cc1ccc(-c2cc(C(=O)Nc3nc(-c4ccc(S(=O)(=O)N5CCOCC5)cc4)cs3)[nH]n2)c(O)c1. The summed E-state index contributed by atoms with van der Waals surface area (Å²) in [5.41, 5.74) is 3.44. The van der Waals surface area contributed by atoms with Crippen LogP contribution in [0.25, 0.3) is 22.5 Å². The van der Waals surface area contributed by atoms with Gasteiger partial charge >= 0.3 is 0 Å². The van der Waals surface area contributed by atoms with Crippen LogP contribution in [-0.4, -0.2) is 65.2 Å². The molecule has 10 nitrogen and oxygen atoms in total. The second kappa shape index (κ2) is 9.82. The monoisotopic (exact) mass is 525 g/mol. The van der Waals surface area contributed by atoms with E-state index in [0.717, 1.165) is 11.1 Å². The van der Waals surface area contributed by atoms with E-state index < -0.39 is 15.9 Å². The number of ether oxygens (including phenoxy) is 1. The summed E-state index contributed by atoms with van der Waals surface area (Å²) in [4.78, 5) is 17.4. The molecule has 0 radical (unpaired) electrons. The highest BCUT2D eigenvalue weighted by Crippen LogP contribution is 2.30. The maximum absolute atomic E-state index is 12.8. The number of phenolic OH excluding ortho intramolecular Hbond substituents is 1. The number of benzene rings is 2. The van der Waals surface area contributed by atoms with Crippen molar-refractivity contribution in [2.24, 2.45) is 0 Å². The molecule has 0 spiro atoms. The van der Waals surface area contributed by atoms with Crippen LogP contribution in [-0.2, 0) is 14.8 Å². The van der Waals surface area contributed by atoms with Gasteiger partial charge in [0.25, 0.3) is 5.91 Å². The summed E-state index contributed by atoms with van der Waals surface area (Å²) in [6.07, 6.45) is 0. The van der Waals surface area contributed by atoms with Gasteiger partial charge in [0.2, 0.25) is 10.0 Å². The number of amides is 1. The summed E-state index contributed by atoms with van der Waals surface area (Å²) in [6, 6.07) is 13.3. The van der Waals surface area contributed by atoms with Gasteiger partial charge in [0, 0.05) is 29.6 Å². The van der Waals surface area contributed by atoms with Gasteiger partial charge in [-0.3, -0.25) is 15.2 Å². The number of H-pyrrole nitrogens is 1. The number of carbonyl (C=O) groups is 1. The van der Waals surface area contributed by atoms with E-state index in [9.17, 15) is 18.3 Å². The minimum Gasteiger partial charge on any atom is -0.507 e. The maximum Gasteiger partial charge on any atom is 0.275 e. The van der Waals surface area contributed by atoms with E-state index in [1.807, 2.05) is 13.0 Å². The predicted molar refractivity (Wildman–Crippen MR) is 136 cm³/mol. The molecule has 0 atom stereocenters. The molecule has 2 aromatic heterocycles. The molecule has 36 heavy (non-hydrogen) atoms. The highest BCUT2D eigenvalue weighted by molar-refractivity contribution is 7.89. The molecule has 1 aliphatic rings. The Morgan fingerprint density at radius 2 is 1.86 bits per heavy atom. The molecule has 12 heteroatoms. The van der Waals surface area contributed by atoms with Crippen LogP contribution in [0.3, 0.4) is 0 Å². The number of aryl methyl sites for hydroxylation is 1. The molecule has 4 aromatic rings. The summed E-state index contributed by atoms with van der Waals surface area (Å²) >= 11 is 1.25. The van der Waals surface area contributed by atoms with E-state index in [1.165, 1.54) is 15.6 Å². The maximum atomic E-state index is 12.8.